The van der Waals surface area contributed by atoms with Gasteiger partial charge in [0, 0.05) is 24.4 Å². The summed E-state index contributed by atoms with van der Waals surface area (Å²) < 4.78 is 18.2. The highest BCUT2D eigenvalue weighted by molar-refractivity contribution is 5.89. The van der Waals surface area contributed by atoms with Crippen LogP contribution in [0, 0.1) is 6.92 Å². The number of benzene rings is 2. The Hall–Kier alpha value is -2.53. The number of carbonyl (C=O) groups excluding carboxylic acids is 1. The number of ether oxygens (including phenoxy) is 3. The molecule has 0 saturated heterocycles. The van der Waals surface area contributed by atoms with E-state index in [9.17, 15) is 4.79 Å². The lowest BCUT2D eigenvalue weighted by molar-refractivity contribution is -0.137. The fourth-order valence-corrected chi connectivity index (χ4v) is 3.48. The fraction of sp³-hybridized carbons (Fsp3) is 0.435. The van der Waals surface area contributed by atoms with Gasteiger partial charge in [-0.05, 0) is 65.0 Å². The summed E-state index contributed by atoms with van der Waals surface area (Å²) in [6, 6.07) is 13.3. The molecule has 1 aliphatic rings. The van der Waals surface area contributed by atoms with Crippen molar-refractivity contribution >= 4 is 11.7 Å². The third kappa shape index (κ3) is 4.14. The van der Waals surface area contributed by atoms with Crippen LogP contribution in [0.3, 0.4) is 0 Å². The first-order valence-corrected chi connectivity index (χ1v) is 9.81. The number of aryl methyl sites for hydroxylation is 1. The van der Waals surface area contributed by atoms with Crippen LogP contribution in [0.1, 0.15) is 55.3 Å². The van der Waals surface area contributed by atoms with E-state index < -0.39 is 17.8 Å². The van der Waals surface area contributed by atoms with Crippen LogP contribution in [0.2, 0.25) is 0 Å². The van der Waals surface area contributed by atoms with Crippen molar-refractivity contribution in [1.82, 2.24) is 0 Å². The second-order valence-electron chi connectivity index (χ2n) is 7.56. The van der Waals surface area contributed by atoms with Gasteiger partial charge in [-0.2, -0.15) is 0 Å². The maximum Gasteiger partial charge on any atom is 0.338 e. The van der Waals surface area contributed by atoms with Crippen molar-refractivity contribution in [1.29, 1.82) is 0 Å². The van der Waals surface area contributed by atoms with Gasteiger partial charge in [-0.15, -0.1) is 0 Å². The molecule has 3 rings (SSSR count). The minimum Gasteiger partial charge on any atom is -0.483 e. The summed E-state index contributed by atoms with van der Waals surface area (Å²) in [5.74, 6) is 0.380. The Kier molecular flexibility index (Phi) is 5.94. The monoisotopic (exact) mass is 383 g/mol. The second kappa shape index (κ2) is 8.23. The molecule has 0 fully saturated rings. The van der Waals surface area contributed by atoms with Crippen LogP contribution < -0.4 is 10.1 Å². The first-order valence-electron chi connectivity index (χ1n) is 9.81. The minimum absolute atomic E-state index is 0.377. The molecule has 2 aromatic rings. The largest absolute Gasteiger partial charge is 0.483 e. The minimum atomic E-state index is -0.729. The third-order valence-corrected chi connectivity index (χ3v) is 4.90. The summed E-state index contributed by atoms with van der Waals surface area (Å²) in [4.78, 5) is 12.8. The lowest BCUT2D eigenvalue weighted by atomic mass is 9.87. The number of rotatable bonds is 6. The van der Waals surface area contributed by atoms with Gasteiger partial charge in [-0.3, -0.25) is 0 Å². The van der Waals surface area contributed by atoms with Gasteiger partial charge in [-0.1, -0.05) is 17.7 Å². The molecular formula is C23H29NO4. The summed E-state index contributed by atoms with van der Waals surface area (Å²) in [5.41, 5.74) is 2.75. The van der Waals surface area contributed by atoms with E-state index in [2.05, 4.69) is 5.32 Å². The molecule has 2 atom stereocenters. The molecule has 0 bridgehead atoms. The van der Waals surface area contributed by atoms with Crippen molar-refractivity contribution in [2.75, 3.05) is 18.5 Å². The smallest absolute Gasteiger partial charge is 0.338 e. The molecular weight excluding hydrogens is 354 g/mol. The summed E-state index contributed by atoms with van der Waals surface area (Å²) >= 11 is 0. The van der Waals surface area contributed by atoms with Gasteiger partial charge in [-0.25, -0.2) is 4.79 Å². The van der Waals surface area contributed by atoms with Crippen molar-refractivity contribution in [2.45, 2.75) is 52.4 Å². The van der Waals surface area contributed by atoms with E-state index in [0.717, 1.165) is 29.1 Å². The molecule has 150 valence electrons. The molecule has 5 heteroatoms. The van der Waals surface area contributed by atoms with Crippen molar-refractivity contribution in [2.24, 2.45) is 0 Å². The van der Waals surface area contributed by atoms with Gasteiger partial charge in [0.05, 0.1) is 5.56 Å². The average Bonchev–Trinajstić information content (AvgIpc) is 2.65. The quantitative estimate of drug-likeness (QED) is 0.719. The Balaban J connectivity index is 1.94. The van der Waals surface area contributed by atoms with Gasteiger partial charge < -0.3 is 19.5 Å². The predicted octanol–water partition coefficient (Wildman–Crippen LogP) is 4.90. The van der Waals surface area contributed by atoms with E-state index in [0.29, 0.717) is 12.2 Å². The fourth-order valence-electron chi connectivity index (χ4n) is 3.48. The first-order chi connectivity index (χ1) is 13.4. The van der Waals surface area contributed by atoms with Crippen LogP contribution >= 0.6 is 0 Å². The highest BCUT2D eigenvalue weighted by atomic mass is 16.6. The lowest BCUT2D eigenvalue weighted by Crippen LogP contribution is -2.51. The van der Waals surface area contributed by atoms with Crippen molar-refractivity contribution in [3.63, 3.8) is 0 Å². The molecule has 1 heterocycles. The molecule has 2 aromatic carbocycles. The molecule has 2 unspecified atom stereocenters. The molecule has 0 aliphatic carbocycles. The van der Waals surface area contributed by atoms with Gasteiger partial charge >= 0.3 is 5.97 Å². The zero-order valence-electron chi connectivity index (χ0n) is 17.2. The van der Waals surface area contributed by atoms with Crippen molar-refractivity contribution in [3.05, 3.63) is 59.2 Å². The van der Waals surface area contributed by atoms with Crippen LogP contribution in [0.15, 0.2) is 42.5 Å². The Bertz CT molecular complexity index is 829. The molecule has 1 aliphatic heterocycles. The molecule has 28 heavy (non-hydrogen) atoms. The van der Waals surface area contributed by atoms with E-state index in [1.165, 1.54) is 0 Å². The Labute approximate surface area is 167 Å². The predicted molar refractivity (Wildman–Crippen MR) is 110 cm³/mol. The summed E-state index contributed by atoms with van der Waals surface area (Å²) in [5, 5.41) is 3.31. The molecule has 5 nitrogen and oxygen atoms in total. The number of fused-ring (bicyclic) bond motifs is 1. The van der Waals surface area contributed by atoms with Crippen LogP contribution in [0.5, 0.6) is 5.75 Å². The zero-order chi connectivity index (χ0) is 20.3. The van der Waals surface area contributed by atoms with E-state index in [1.807, 2.05) is 65.0 Å². The number of esters is 1. The molecule has 0 aromatic heterocycles. The third-order valence-electron chi connectivity index (χ3n) is 4.90. The molecule has 1 N–H and O–H groups in total. The first kappa shape index (κ1) is 20.2. The van der Waals surface area contributed by atoms with Crippen LogP contribution in [0.25, 0.3) is 0 Å². The lowest BCUT2D eigenvalue weighted by Gasteiger charge is -2.43. The number of anilines is 1. The maximum atomic E-state index is 12.8. The van der Waals surface area contributed by atoms with E-state index >= 15 is 0 Å². The van der Waals surface area contributed by atoms with E-state index in [-0.39, 0.29) is 5.97 Å². The van der Waals surface area contributed by atoms with E-state index in [4.69, 9.17) is 14.2 Å². The normalized spacial score (nSPS) is 20.0. The van der Waals surface area contributed by atoms with Gasteiger partial charge in [0.25, 0.3) is 0 Å². The van der Waals surface area contributed by atoms with Crippen molar-refractivity contribution < 1.29 is 19.0 Å². The van der Waals surface area contributed by atoms with Crippen LogP contribution in [-0.2, 0) is 9.47 Å². The standard InChI is InChI=1S/C23H29NO4/c1-6-24-17-12-13-19-18(14-17)20(26-7-2)21(23(4,5)28-19)27-22(25)16-10-8-15(3)9-11-16/h8-14,20-21,24H,6-7H2,1-5H3. The molecule has 0 radical (unpaired) electrons. The van der Waals surface area contributed by atoms with Crippen LogP contribution in [0.4, 0.5) is 5.69 Å². The maximum absolute atomic E-state index is 12.8. The number of nitrogens with one attached hydrogen (secondary N) is 1. The summed E-state index contributed by atoms with van der Waals surface area (Å²) in [6.07, 6.45) is -0.984. The highest BCUT2D eigenvalue weighted by Crippen LogP contribution is 2.44. The van der Waals surface area contributed by atoms with Gasteiger partial charge in [0.2, 0.25) is 0 Å². The molecule has 0 saturated carbocycles. The molecule has 0 amide bonds. The molecule has 0 spiro atoms. The summed E-state index contributed by atoms with van der Waals surface area (Å²) in [6.45, 7) is 11.1. The second-order valence-corrected chi connectivity index (χ2v) is 7.56. The van der Waals surface area contributed by atoms with E-state index in [1.54, 1.807) is 12.1 Å². The summed E-state index contributed by atoms with van der Waals surface area (Å²) in [7, 11) is 0. The van der Waals surface area contributed by atoms with Crippen LogP contribution in [-0.4, -0.2) is 30.8 Å². The highest BCUT2D eigenvalue weighted by Gasteiger charge is 2.47. The Morgan fingerprint density at radius 2 is 1.86 bits per heavy atom. The number of carbonyl (C=O) groups is 1. The van der Waals surface area contributed by atoms with Gasteiger partial charge in [0.1, 0.15) is 17.5 Å². The Morgan fingerprint density at radius 1 is 1.14 bits per heavy atom. The average molecular weight is 383 g/mol. The van der Waals surface area contributed by atoms with Crippen molar-refractivity contribution in [3.8, 4) is 5.75 Å². The zero-order valence-corrected chi connectivity index (χ0v) is 17.2. The Morgan fingerprint density at radius 3 is 2.50 bits per heavy atom. The van der Waals surface area contributed by atoms with Gasteiger partial charge in [0.15, 0.2) is 6.10 Å². The number of hydrogen-bond donors (Lipinski definition) is 1. The SMILES string of the molecule is CCNc1ccc2c(c1)C(OCC)C(OC(=O)c1ccc(C)cc1)C(C)(C)O2. The topological polar surface area (TPSA) is 56.8 Å². The number of hydrogen-bond acceptors (Lipinski definition) is 5.